The minimum atomic E-state index is -4.00. The van der Waals surface area contributed by atoms with Gasteiger partial charge in [-0.1, -0.05) is 59.5 Å². The zero-order valence-corrected chi connectivity index (χ0v) is 23.0. The van der Waals surface area contributed by atoms with Gasteiger partial charge in [0.25, 0.3) is 15.9 Å². The number of benzene rings is 3. The van der Waals surface area contributed by atoms with Crippen molar-refractivity contribution >= 4 is 49.8 Å². The highest BCUT2D eigenvalue weighted by Crippen LogP contribution is 2.38. The number of nitrogens with one attached hydrogen (secondary N) is 1. The molecule has 0 aliphatic carbocycles. The third-order valence-corrected chi connectivity index (χ3v) is 9.60. The van der Waals surface area contributed by atoms with Crippen molar-refractivity contribution in [3.8, 4) is 11.5 Å². The summed E-state index contributed by atoms with van der Waals surface area (Å²) in [5.74, 6) is 1.05. The van der Waals surface area contributed by atoms with Crippen molar-refractivity contribution in [2.45, 2.75) is 28.0 Å². The molecule has 9 nitrogen and oxygen atoms in total. The predicted molar refractivity (Wildman–Crippen MR) is 148 cm³/mol. The van der Waals surface area contributed by atoms with Crippen LogP contribution < -0.4 is 19.1 Å². The second-order valence-corrected chi connectivity index (χ2v) is 12.5. The van der Waals surface area contributed by atoms with E-state index in [9.17, 15) is 13.2 Å². The summed E-state index contributed by atoms with van der Waals surface area (Å²) in [6.45, 7) is 1.66. The van der Waals surface area contributed by atoms with Gasteiger partial charge < -0.3 is 9.47 Å². The summed E-state index contributed by atoms with van der Waals surface area (Å²) in [7, 11) is -2.49. The van der Waals surface area contributed by atoms with Gasteiger partial charge in [-0.2, -0.15) is 0 Å². The molecule has 1 unspecified atom stereocenters. The van der Waals surface area contributed by atoms with Crippen LogP contribution in [0.3, 0.4) is 0 Å². The maximum atomic E-state index is 13.7. The van der Waals surface area contributed by atoms with E-state index in [1.165, 1.54) is 46.6 Å². The molecule has 1 aliphatic heterocycles. The Hall–Kier alpha value is -3.61. The first-order valence-electron chi connectivity index (χ1n) is 11.6. The Bertz CT molecular complexity index is 1540. The molecule has 1 atom stereocenters. The van der Waals surface area contributed by atoms with E-state index in [2.05, 4.69) is 15.5 Å². The van der Waals surface area contributed by atoms with Gasteiger partial charge in [-0.05, 0) is 54.4 Å². The molecule has 3 aromatic carbocycles. The Morgan fingerprint density at radius 2 is 1.89 bits per heavy atom. The van der Waals surface area contributed by atoms with Crippen molar-refractivity contribution < 1.29 is 22.7 Å². The van der Waals surface area contributed by atoms with Gasteiger partial charge in [-0.15, -0.1) is 10.2 Å². The lowest BCUT2D eigenvalue weighted by Crippen LogP contribution is -2.48. The fraction of sp³-hybridized carbons (Fsp3) is 0.192. The second-order valence-electron chi connectivity index (χ2n) is 8.43. The van der Waals surface area contributed by atoms with Gasteiger partial charge in [0, 0.05) is 5.75 Å². The van der Waals surface area contributed by atoms with Crippen molar-refractivity contribution in [2.24, 2.45) is 0 Å². The van der Waals surface area contributed by atoms with Crippen molar-refractivity contribution in [1.29, 1.82) is 0 Å². The topological polar surface area (TPSA) is 111 Å². The Labute approximate surface area is 228 Å². The Kier molecular flexibility index (Phi) is 7.54. The van der Waals surface area contributed by atoms with Gasteiger partial charge in [0.1, 0.15) is 11.5 Å². The van der Waals surface area contributed by atoms with Crippen molar-refractivity contribution in [3.63, 3.8) is 0 Å². The van der Waals surface area contributed by atoms with Gasteiger partial charge in [0.05, 0.1) is 24.2 Å². The van der Waals surface area contributed by atoms with Crippen LogP contribution in [0.5, 0.6) is 11.5 Å². The molecule has 196 valence electrons. The summed E-state index contributed by atoms with van der Waals surface area (Å²) in [6, 6.07) is 21.3. The molecule has 12 heteroatoms. The molecule has 0 spiro atoms. The molecule has 38 heavy (non-hydrogen) atoms. The zero-order chi connectivity index (χ0) is 26.7. The van der Waals surface area contributed by atoms with Crippen molar-refractivity contribution in [3.05, 3.63) is 83.9 Å². The average Bonchev–Trinajstić information content (AvgIpc) is 3.39. The van der Waals surface area contributed by atoms with E-state index in [1.54, 1.807) is 30.3 Å². The highest BCUT2D eigenvalue weighted by molar-refractivity contribution is 8.00. The van der Waals surface area contributed by atoms with E-state index >= 15 is 0 Å². The average molecular weight is 569 g/mol. The van der Waals surface area contributed by atoms with E-state index in [0.29, 0.717) is 26.7 Å². The molecule has 1 amide bonds. The fourth-order valence-corrected chi connectivity index (χ4v) is 7.00. The van der Waals surface area contributed by atoms with Crippen LogP contribution in [0.1, 0.15) is 11.1 Å². The Balaban J connectivity index is 1.34. The number of thioether (sulfide) groups is 1. The monoisotopic (exact) mass is 568 g/mol. The lowest BCUT2D eigenvalue weighted by Gasteiger charge is -2.34. The molecular formula is C26H24N4O5S3. The van der Waals surface area contributed by atoms with E-state index in [4.69, 9.17) is 9.47 Å². The third kappa shape index (κ3) is 5.62. The summed E-state index contributed by atoms with van der Waals surface area (Å²) >= 11 is 2.77. The molecule has 5 rings (SSSR count). The summed E-state index contributed by atoms with van der Waals surface area (Å²) in [6.07, 6.45) is -1.09. The van der Waals surface area contributed by atoms with Gasteiger partial charge in [-0.3, -0.25) is 14.4 Å². The van der Waals surface area contributed by atoms with Crippen LogP contribution in [0.25, 0.3) is 0 Å². The summed E-state index contributed by atoms with van der Waals surface area (Å²) in [5, 5.41) is 11.3. The highest BCUT2D eigenvalue weighted by atomic mass is 32.2. The van der Waals surface area contributed by atoms with E-state index < -0.39 is 22.0 Å². The molecule has 0 saturated heterocycles. The first-order valence-corrected chi connectivity index (χ1v) is 14.8. The molecular weight excluding hydrogens is 545 g/mol. The predicted octanol–water partition coefficient (Wildman–Crippen LogP) is 4.74. The molecule has 0 fully saturated rings. The molecule has 0 bridgehead atoms. The number of carbonyl (C=O) groups is 1. The second kappa shape index (κ2) is 11.0. The lowest BCUT2D eigenvalue weighted by atomic mass is 10.1. The first kappa shape index (κ1) is 26.0. The SMILES string of the molecule is COc1ccc(S(=O)(=O)N2CC(C(=O)Nc3nnc(SCc4ccccc4)s3)Oc3ccc(C)cc32)cc1. The minimum absolute atomic E-state index is 0.0796. The minimum Gasteiger partial charge on any atom is -0.497 e. The lowest BCUT2D eigenvalue weighted by molar-refractivity contribution is -0.122. The standard InChI is InChI=1S/C26H24N4O5S3/c1-17-8-13-22-21(14-17)30(38(32,33)20-11-9-19(34-2)10-12-20)15-23(35-22)24(31)27-25-28-29-26(37-25)36-16-18-6-4-3-5-7-18/h3-14,23H,15-16H2,1-2H3,(H,27,28,31). The van der Waals surface area contributed by atoms with Gasteiger partial charge in [0.2, 0.25) is 5.13 Å². The normalized spacial score (nSPS) is 14.9. The van der Waals surface area contributed by atoms with E-state index in [-0.39, 0.29) is 11.4 Å². The number of hydrogen-bond donors (Lipinski definition) is 1. The number of rotatable bonds is 8. The van der Waals surface area contributed by atoms with Crippen LogP contribution >= 0.6 is 23.1 Å². The molecule has 2 heterocycles. The Morgan fingerprint density at radius 1 is 1.13 bits per heavy atom. The largest absolute Gasteiger partial charge is 0.497 e. The zero-order valence-electron chi connectivity index (χ0n) is 20.5. The van der Waals surface area contributed by atoms with E-state index in [1.807, 2.05) is 37.3 Å². The van der Waals surface area contributed by atoms with Crippen LogP contribution in [0.4, 0.5) is 10.8 Å². The van der Waals surface area contributed by atoms with E-state index in [0.717, 1.165) is 16.9 Å². The molecule has 1 aliphatic rings. The van der Waals surface area contributed by atoms with Gasteiger partial charge in [-0.25, -0.2) is 8.42 Å². The maximum absolute atomic E-state index is 13.7. The van der Waals surface area contributed by atoms with Crippen LogP contribution in [0, 0.1) is 6.92 Å². The number of carbonyl (C=O) groups excluding carboxylic acids is 1. The summed E-state index contributed by atoms with van der Waals surface area (Å²) in [5.41, 5.74) is 2.39. The summed E-state index contributed by atoms with van der Waals surface area (Å²) < 4.78 is 40.3. The van der Waals surface area contributed by atoms with Crippen molar-refractivity contribution in [2.75, 3.05) is 23.3 Å². The van der Waals surface area contributed by atoms with Crippen LogP contribution in [0.15, 0.2) is 82.0 Å². The number of aromatic nitrogens is 2. The quantitative estimate of drug-likeness (QED) is 0.240. The first-order chi connectivity index (χ1) is 18.3. The smallest absolute Gasteiger partial charge is 0.269 e. The molecule has 0 saturated carbocycles. The Morgan fingerprint density at radius 3 is 2.63 bits per heavy atom. The number of aryl methyl sites for hydroxylation is 1. The molecule has 0 radical (unpaired) electrons. The third-order valence-electron chi connectivity index (χ3n) is 5.77. The molecule has 1 aromatic heterocycles. The number of methoxy groups -OCH3 is 1. The van der Waals surface area contributed by atoms with Crippen LogP contribution in [-0.4, -0.2) is 44.3 Å². The number of amides is 1. The number of ether oxygens (including phenoxy) is 2. The maximum Gasteiger partial charge on any atom is 0.269 e. The van der Waals surface area contributed by atoms with Gasteiger partial charge in [0.15, 0.2) is 10.4 Å². The number of nitrogens with zero attached hydrogens (tertiary/aromatic N) is 3. The van der Waals surface area contributed by atoms with Gasteiger partial charge >= 0.3 is 0 Å². The highest BCUT2D eigenvalue weighted by Gasteiger charge is 2.38. The van der Waals surface area contributed by atoms with Crippen LogP contribution in [-0.2, 0) is 20.6 Å². The number of hydrogen-bond acceptors (Lipinski definition) is 9. The van der Waals surface area contributed by atoms with Crippen molar-refractivity contribution in [1.82, 2.24) is 10.2 Å². The number of sulfonamides is 1. The summed E-state index contributed by atoms with van der Waals surface area (Å²) in [4.78, 5) is 13.3. The number of anilines is 2. The fourth-order valence-electron chi connectivity index (χ4n) is 3.82. The van der Waals surface area contributed by atoms with Crippen LogP contribution in [0.2, 0.25) is 0 Å². The molecule has 1 N–H and O–H groups in total. The number of fused-ring (bicyclic) bond motifs is 1. The molecule has 4 aromatic rings.